The minimum absolute atomic E-state index is 0.0156. The number of hydrogen-bond acceptors (Lipinski definition) is 15. The van der Waals surface area contributed by atoms with Gasteiger partial charge in [0.05, 0.1) is 56.6 Å². The Hall–Kier alpha value is -4.84. The molecule has 1 aliphatic rings. The highest BCUT2D eigenvalue weighted by molar-refractivity contribution is 8.24. The number of hydrogen-bond donors (Lipinski definition) is 4. The number of aliphatic hydroxyl groups excluding tert-OH is 1. The summed E-state index contributed by atoms with van der Waals surface area (Å²) in [6.45, 7) is 2.20. The number of anilines is 2. The maximum Gasteiger partial charge on any atom is 0.316 e. The average molecular weight is 1100 g/mol. The van der Waals surface area contributed by atoms with Gasteiger partial charge in [-0.05, 0) is 49.1 Å². The van der Waals surface area contributed by atoms with Crippen LogP contribution in [-0.2, 0) is 44.8 Å². The average Bonchev–Trinajstić information content (AvgIpc) is 3.38. The van der Waals surface area contributed by atoms with Crippen molar-refractivity contribution >= 4 is 132 Å². The van der Waals surface area contributed by atoms with Crippen LogP contribution in [0.25, 0.3) is 0 Å². The van der Waals surface area contributed by atoms with Crippen molar-refractivity contribution in [3.05, 3.63) is 96.6 Å². The first-order valence-electron chi connectivity index (χ1n) is 23.8. The highest BCUT2D eigenvalue weighted by Gasteiger charge is 2.24. The summed E-state index contributed by atoms with van der Waals surface area (Å²) in [7, 11) is 0. The van der Waals surface area contributed by atoms with Gasteiger partial charge in [-0.2, -0.15) is 0 Å². The summed E-state index contributed by atoms with van der Waals surface area (Å²) >= 11 is 20.1. The van der Waals surface area contributed by atoms with Crippen molar-refractivity contribution in [2.45, 2.75) is 64.5 Å². The van der Waals surface area contributed by atoms with Crippen molar-refractivity contribution in [2.75, 3.05) is 87.8 Å². The molecule has 0 spiro atoms. The van der Waals surface area contributed by atoms with E-state index < -0.39 is 11.9 Å². The molecule has 0 radical (unpaired) electrons. The Balaban J connectivity index is 1.28. The first-order valence-corrected chi connectivity index (χ1v) is 28.0. The Kier molecular flexibility index (Phi) is 28.7. The molecule has 1 aliphatic carbocycles. The van der Waals surface area contributed by atoms with Crippen LogP contribution in [0.1, 0.15) is 57.4 Å². The van der Waals surface area contributed by atoms with E-state index in [-0.39, 0.29) is 115 Å². The molecule has 0 saturated heterocycles. The van der Waals surface area contributed by atoms with Crippen molar-refractivity contribution in [2.24, 2.45) is 0 Å². The monoisotopic (exact) mass is 1100 g/mol. The van der Waals surface area contributed by atoms with E-state index in [1.165, 1.54) is 9.80 Å². The molecule has 3 aromatic rings. The van der Waals surface area contributed by atoms with Crippen LogP contribution in [0.4, 0.5) is 11.4 Å². The lowest BCUT2D eigenvalue weighted by Gasteiger charge is -2.28. The number of carbonyl (C=O) groups excluding carboxylic acids is 6. The zero-order valence-electron chi connectivity index (χ0n) is 40.5. The van der Waals surface area contributed by atoms with Crippen LogP contribution in [0.3, 0.4) is 0 Å². The number of nitrogens with one attached hydrogen (secondary N) is 3. The van der Waals surface area contributed by atoms with Crippen molar-refractivity contribution in [3.63, 3.8) is 0 Å². The first-order chi connectivity index (χ1) is 34.9. The number of aliphatic hydroxyl groups is 1. The van der Waals surface area contributed by atoms with Gasteiger partial charge in [-0.1, -0.05) is 171 Å². The fourth-order valence-corrected chi connectivity index (χ4v) is 10.1. The third-order valence-electron chi connectivity index (χ3n) is 10.8. The molecule has 390 valence electrons. The second-order valence-electron chi connectivity index (χ2n) is 16.4. The predicted octanol–water partition coefficient (Wildman–Crippen LogP) is 6.07. The van der Waals surface area contributed by atoms with Crippen LogP contribution in [0.15, 0.2) is 91.0 Å². The van der Waals surface area contributed by atoms with E-state index in [9.17, 15) is 33.9 Å². The molecule has 4 rings (SSSR count). The van der Waals surface area contributed by atoms with Crippen LogP contribution in [0.5, 0.6) is 0 Å². The van der Waals surface area contributed by atoms with E-state index in [4.69, 9.17) is 46.1 Å². The molecule has 1 saturated carbocycles. The maximum atomic E-state index is 13.8. The molecule has 0 aliphatic heterocycles. The number of benzene rings is 3. The fourth-order valence-electron chi connectivity index (χ4n) is 7.10. The minimum Gasteiger partial charge on any atom is -0.463 e. The van der Waals surface area contributed by atoms with Crippen LogP contribution in [0.2, 0.25) is 0 Å². The quantitative estimate of drug-likeness (QED) is 0.0372. The number of nitrogens with zero attached hydrogens (tertiary/aromatic N) is 4. The molecule has 0 heterocycles. The van der Waals surface area contributed by atoms with Gasteiger partial charge in [-0.3, -0.25) is 33.7 Å². The van der Waals surface area contributed by atoms with Gasteiger partial charge in [0.25, 0.3) is 0 Å². The van der Waals surface area contributed by atoms with Gasteiger partial charge >= 0.3 is 11.9 Å². The lowest BCUT2D eigenvalue weighted by molar-refractivity contribution is -0.141. The topological polar surface area (TPSA) is 190 Å². The molecule has 3 aromatic carbocycles. The van der Waals surface area contributed by atoms with Gasteiger partial charge in [0, 0.05) is 37.1 Å². The number of rotatable bonds is 28. The Morgan fingerprint density at radius 2 is 1.07 bits per heavy atom. The molecule has 16 nitrogen and oxygen atoms in total. The highest BCUT2D eigenvalue weighted by Crippen LogP contribution is 2.27. The summed E-state index contributed by atoms with van der Waals surface area (Å²) in [5.41, 5.74) is 2.33. The number of ether oxygens (including phenoxy) is 2. The normalized spacial score (nSPS) is 12.1. The summed E-state index contributed by atoms with van der Waals surface area (Å²) in [6, 6.07) is 28.1. The van der Waals surface area contributed by atoms with E-state index in [2.05, 4.69) is 16.0 Å². The van der Waals surface area contributed by atoms with Crippen LogP contribution in [-0.4, -0.2) is 157 Å². The third kappa shape index (κ3) is 23.4. The SMILES string of the molecule is CCCCNC(=O)CN(CCOC(=O)CSC(=S)N(CCO)CC(=O)NCc1ccccc1)C(=S)SCC(=O)OCCN(CC(=O)NC1CCCCC1)C(=S)SCC(=O)N(c1ccccc1)c1ccccc1. The summed E-state index contributed by atoms with van der Waals surface area (Å²) in [5.74, 6) is -2.60. The van der Waals surface area contributed by atoms with E-state index in [0.717, 1.165) is 85.8 Å². The van der Waals surface area contributed by atoms with E-state index in [0.29, 0.717) is 28.8 Å². The number of para-hydroxylation sites is 2. The summed E-state index contributed by atoms with van der Waals surface area (Å²) < 4.78 is 11.8. The molecular formula is C50H65N7O9S6. The number of carbonyl (C=O) groups is 6. The number of esters is 2. The Bertz CT molecular complexity index is 2170. The third-order valence-corrected chi connectivity index (χ3v) is 15.3. The number of thiocarbonyl (C=S) groups is 3. The Morgan fingerprint density at radius 3 is 1.57 bits per heavy atom. The number of thioether (sulfide) groups is 3. The zero-order chi connectivity index (χ0) is 51.9. The largest absolute Gasteiger partial charge is 0.463 e. The molecule has 22 heteroatoms. The molecule has 0 aromatic heterocycles. The molecule has 1 fully saturated rings. The van der Waals surface area contributed by atoms with E-state index in [1.807, 2.05) is 97.9 Å². The molecule has 0 unspecified atom stereocenters. The van der Waals surface area contributed by atoms with Gasteiger partial charge in [-0.15, -0.1) is 0 Å². The summed E-state index contributed by atoms with van der Waals surface area (Å²) in [6.07, 6.45) is 6.69. The molecule has 4 amide bonds. The van der Waals surface area contributed by atoms with Gasteiger partial charge in [0.1, 0.15) is 26.2 Å². The molecule has 0 atom stereocenters. The lowest BCUT2D eigenvalue weighted by atomic mass is 9.95. The van der Waals surface area contributed by atoms with Crippen molar-refractivity contribution < 1.29 is 43.3 Å². The molecular weight excluding hydrogens is 1030 g/mol. The second kappa shape index (κ2) is 34.6. The molecule has 4 N–H and O–H groups in total. The zero-order valence-corrected chi connectivity index (χ0v) is 45.4. The van der Waals surface area contributed by atoms with Gasteiger partial charge in [-0.25, -0.2) is 0 Å². The smallest absolute Gasteiger partial charge is 0.316 e. The standard InChI is InChI=1S/C50H65N7O9S6/c1-2-3-24-51-42(59)32-55(26-29-65-46(63)36-71-48(67)54(25-28-58)33-43(60)52-31-38-16-8-4-9-17-38)50(69)72-37-47(64)66-30-27-56(34-44(61)53-39-18-10-5-11-19-39)49(68)70-35-45(62)57(40-20-12-6-13-21-40)41-22-14-7-15-23-41/h4,6-9,12-17,20-23,39,58H,2-3,5,10-11,18-19,24-37H2,1H3,(H,51,59)(H,52,60)(H,53,61). The van der Waals surface area contributed by atoms with Gasteiger partial charge in [0.15, 0.2) is 0 Å². The molecule has 72 heavy (non-hydrogen) atoms. The number of amides is 4. The van der Waals surface area contributed by atoms with Crippen LogP contribution >= 0.6 is 71.9 Å². The predicted molar refractivity (Wildman–Crippen MR) is 300 cm³/mol. The van der Waals surface area contributed by atoms with Crippen molar-refractivity contribution in [3.8, 4) is 0 Å². The minimum atomic E-state index is -0.597. The van der Waals surface area contributed by atoms with Crippen molar-refractivity contribution in [1.82, 2.24) is 30.7 Å². The number of unbranched alkanes of at least 4 members (excludes halogenated alkanes) is 1. The second-order valence-corrected chi connectivity index (χ2v) is 21.2. The van der Waals surface area contributed by atoms with Gasteiger partial charge in [0.2, 0.25) is 23.6 Å². The maximum absolute atomic E-state index is 13.8. The van der Waals surface area contributed by atoms with Crippen LogP contribution < -0.4 is 20.9 Å². The van der Waals surface area contributed by atoms with Gasteiger partial charge < -0.3 is 45.2 Å². The fraction of sp³-hybridized carbons (Fsp3) is 0.460. The lowest BCUT2D eigenvalue weighted by Crippen LogP contribution is -2.45. The Labute approximate surface area is 451 Å². The van der Waals surface area contributed by atoms with E-state index >= 15 is 0 Å². The van der Waals surface area contributed by atoms with E-state index in [1.54, 1.807) is 9.80 Å². The summed E-state index contributed by atoms with van der Waals surface area (Å²) in [5, 5.41) is 18.4. The Morgan fingerprint density at radius 1 is 0.611 bits per heavy atom. The highest BCUT2D eigenvalue weighted by atomic mass is 32.2. The first kappa shape index (κ1) is 59.7. The van der Waals surface area contributed by atoms with Crippen LogP contribution in [0, 0.1) is 0 Å². The summed E-state index contributed by atoms with van der Waals surface area (Å²) in [4.78, 5) is 84.9. The van der Waals surface area contributed by atoms with Crippen molar-refractivity contribution in [1.29, 1.82) is 0 Å². The molecule has 0 bridgehead atoms.